The molecular formula is C18H25N3O. The molecule has 0 unspecified atom stereocenters. The van der Waals surface area contributed by atoms with Crippen LogP contribution in [0.5, 0.6) is 0 Å². The maximum absolute atomic E-state index is 5.34. The Morgan fingerprint density at radius 1 is 1.05 bits per heavy atom. The minimum atomic E-state index is 0.684. The van der Waals surface area contributed by atoms with Crippen molar-refractivity contribution in [1.82, 2.24) is 10.6 Å². The molecule has 0 aliphatic heterocycles. The van der Waals surface area contributed by atoms with Crippen molar-refractivity contribution in [3.63, 3.8) is 0 Å². The molecule has 0 bridgehead atoms. The van der Waals surface area contributed by atoms with Crippen LogP contribution in [0.2, 0.25) is 0 Å². The summed E-state index contributed by atoms with van der Waals surface area (Å²) in [6, 6.07) is 14.2. The van der Waals surface area contributed by atoms with E-state index in [1.54, 1.807) is 6.26 Å². The van der Waals surface area contributed by atoms with Gasteiger partial charge in [0.15, 0.2) is 5.96 Å². The molecule has 2 aromatic rings. The zero-order valence-corrected chi connectivity index (χ0v) is 13.2. The van der Waals surface area contributed by atoms with Gasteiger partial charge in [0.05, 0.1) is 12.8 Å². The summed E-state index contributed by atoms with van der Waals surface area (Å²) >= 11 is 0. The summed E-state index contributed by atoms with van der Waals surface area (Å²) in [5.41, 5.74) is 1.21. The molecule has 118 valence electrons. The molecule has 0 fully saturated rings. The van der Waals surface area contributed by atoms with Crippen molar-refractivity contribution in [3.05, 3.63) is 60.1 Å². The fourth-order valence-corrected chi connectivity index (χ4v) is 2.07. The molecule has 0 amide bonds. The monoisotopic (exact) mass is 299 g/mol. The highest BCUT2D eigenvalue weighted by atomic mass is 16.3. The number of unbranched alkanes of at least 4 members (excludes halogenated alkanes) is 1. The van der Waals surface area contributed by atoms with Crippen LogP contribution in [0, 0.1) is 0 Å². The number of hydrogen-bond donors (Lipinski definition) is 2. The van der Waals surface area contributed by atoms with Crippen LogP contribution in [0.15, 0.2) is 58.1 Å². The second-order valence-corrected chi connectivity index (χ2v) is 5.19. The number of hydrogen-bond acceptors (Lipinski definition) is 2. The van der Waals surface area contributed by atoms with Crippen LogP contribution >= 0.6 is 0 Å². The fraction of sp³-hybridized carbons (Fsp3) is 0.389. The molecule has 2 N–H and O–H groups in total. The Morgan fingerprint density at radius 2 is 1.86 bits per heavy atom. The molecule has 0 saturated heterocycles. The summed E-state index contributed by atoms with van der Waals surface area (Å²) in [5.74, 6) is 1.85. The number of nitrogens with one attached hydrogen (secondary N) is 2. The summed E-state index contributed by atoms with van der Waals surface area (Å²) in [6.45, 7) is 4.62. The third kappa shape index (κ3) is 6.04. The quantitative estimate of drug-likeness (QED) is 0.446. The van der Waals surface area contributed by atoms with E-state index in [0.717, 1.165) is 37.7 Å². The summed E-state index contributed by atoms with van der Waals surface area (Å²) in [5, 5.41) is 6.75. The van der Waals surface area contributed by atoms with Crippen molar-refractivity contribution < 1.29 is 4.42 Å². The van der Waals surface area contributed by atoms with Crippen LogP contribution in [-0.2, 0) is 13.0 Å². The van der Waals surface area contributed by atoms with Crippen molar-refractivity contribution >= 4 is 5.96 Å². The van der Waals surface area contributed by atoms with E-state index in [2.05, 4.69) is 34.7 Å². The summed E-state index contributed by atoms with van der Waals surface area (Å²) in [4.78, 5) is 4.65. The molecule has 0 saturated carbocycles. The average Bonchev–Trinajstić information content (AvgIpc) is 3.06. The zero-order chi connectivity index (χ0) is 15.5. The lowest BCUT2D eigenvalue weighted by molar-refractivity contribution is 0.506. The van der Waals surface area contributed by atoms with E-state index in [0.29, 0.717) is 6.54 Å². The van der Waals surface area contributed by atoms with Crippen molar-refractivity contribution in [1.29, 1.82) is 0 Å². The lowest BCUT2D eigenvalue weighted by atomic mass is 10.2. The lowest BCUT2D eigenvalue weighted by Gasteiger charge is -2.12. The molecule has 0 spiro atoms. The molecular weight excluding hydrogens is 274 g/mol. The second kappa shape index (κ2) is 9.66. The van der Waals surface area contributed by atoms with Crippen LogP contribution in [0.25, 0.3) is 0 Å². The van der Waals surface area contributed by atoms with Gasteiger partial charge in [-0.3, -0.25) is 0 Å². The molecule has 4 heteroatoms. The topological polar surface area (TPSA) is 49.6 Å². The number of benzene rings is 1. The molecule has 0 radical (unpaired) electrons. The number of rotatable bonds is 8. The minimum absolute atomic E-state index is 0.684. The van der Waals surface area contributed by atoms with Crippen LogP contribution in [0.3, 0.4) is 0 Å². The lowest BCUT2D eigenvalue weighted by Crippen LogP contribution is -2.38. The first kappa shape index (κ1) is 16.1. The summed E-state index contributed by atoms with van der Waals surface area (Å²) < 4.78 is 5.34. The first-order valence-corrected chi connectivity index (χ1v) is 7.97. The predicted octanol–water partition coefficient (Wildman–Crippen LogP) is 3.36. The van der Waals surface area contributed by atoms with Crippen molar-refractivity contribution in [2.45, 2.75) is 32.7 Å². The average molecular weight is 299 g/mol. The van der Waals surface area contributed by atoms with E-state index in [-0.39, 0.29) is 0 Å². The van der Waals surface area contributed by atoms with Gasteiger partial charge < -0.3 is 15.1 Å². The minimum Gasteiger partial charge on any atom is -0.469 e. The highest BCUT2D eigenvalue weighted by Crippen LogP contribution is 2.01. The number of furan rings is 1. The Balaban J connectivity index is 1.83. The van der Waals surface area contributed by atoms with E-state index in [1.807, 2.05) is 30.3 Å². The Morgan fingerprint density at radius 3 is 2.59 bits per heavy atom. The largest absolute Gasteiger partial charge is 0.469 e. The van der Waals surface area contributed by atoms with Gasteiger partial charge in [-0.25, -0.2) is 4.99 Å². The Hall–Kier alpha value is -2.23. The summed E-state index contributed by atoms with van der Waals surface area (Å²) in [6.07, 6.45) is 4.88. The van der Waals surface area contributed by atoms with Crippen LogP contribution in [0.1, 0.15) is 31.1 Å². The van der Waals surface area contributed by atoms with Gasteiger partial charge in [-0.15, -0.1) is 0 Å². The normalized spacial score (nSPS) is 11.4. The molecule has 1 aromatic heterocycles. The number of nitrogens with zero attached hydrogens (tertiary/aromatic N) is 1. The smallest absolute Gasteiger partial charge is 0.191 e. The first-order chi connectivity index (χ1) is 10.9. The third-order valence-electron chi connectivity index (χ3n) is 3.33. The van der Waals surface area contributed by atoms with Crippen LogP contribution < -0.4 is 10.6 Å². The van der Waals surface area contributed by atoms with Gasteiger partial charge in [0.2, 0.25) is 0 Å². The second-order valence-electron chi connectivity index (χ2n) is 5.19. The Kier molecular flexibility index (Phi) is 7.09. The van der Waals surface area contributed by atoms with E-state index < -0.39 is 0 Å². The number of aliphatic imine (C=N–C) groups is 1. The van der Waals surface area contributed by atoms with Gasteiger partial charge in [0.25, 0.3) is 0 Å². The molecule has 4 nitrogen and oxygen atoms in total. The molecule has 1 aromatic carbocycles. The molecule has 0 aliphatic rings. The van der Waals surface area contributed by atoms with Gasteiger partial charge in [-0.05, 0) is 24.1 Å². The molecule has 0 aliphatic carbocycles. The third-order valence-corrected chi connectivity index (χ3v) is 3.33. The van der Waals surface area contributed by atoms with Crippen LogP contribution in [-0.4, -0.2) is 19.0 Å². The van der Waals surface area contributed by atoms with E-state index in [4.69, 9.17) is 4.42 Å². The summed E-state index contributed by atoms with van der Waals surface area (Å²) in [7, 11) is 0. The Labute approximate surface area is 132 Å². The number of guanidine groups is 1. The van der Waals surface area contributed by atoms with Crippen molar-refractivity contribution in [2.75, 3.05) is 13.1 Å². The predicted molar refractivity (Wildman–Crippen MR) is 90.9 cm³/mol. The van der Waals surface area contributed by atoms with E-state index >= 15 is 0 Å². The van der Waals surface area contributed by atoms with Crippen molar-refractivity contribution in [2.24, 2.45) is 4.99 Å². The van der Waals surface area contributed by atoms with Gasteiger partial charge in [-0.1, -0.05) is 43.7 Å². The SMILES string of the molecule is CCCCNC(=NCc1ccccc1)NCCc1ccco1. The van der Waals surface area contributed by atoms with Gasteiger partial charge in [0.1, 0.15) is 5.76 Å². The maximum atomic E-state index is 5.34. The molecule has 1 heterocycles. The molecule has 2 rings (SSSR count). The van der Waals surface area contributed by atoms with Gasteiger partial charge >= 0.3 is 0 Å². The first-order valence-electron chi connectivity index (χ1n) is 7.97. The van der Waals surface area contributed by atoms with E-state index in [1.165, 1.54) is 12.0 Å². The van der Waals surface area contributed by atoms with Gasteiger partial charge in [0, 0.05) is 19.5 Å². The highest BCUT2D eigenvalue weighted by Gasteiger charge is 2.00. The van der Waals surface area contributed by atoms with Crippen LogP contribution in [0.4, 0.5) is 0 Å². The van der Waals surface area contributed by atoms with Gasteiger partial charge in [-0.2, -0.15) is 0 Å². The molecule has 22 heavy (non-hydrogen) atoms. The van der Waals surface area contributed by atoms with Crippen molar-refractivity contribution in [3.8, 4) is 0 Å². The highest BCUT2D eigenvalue weighted by molar-refractivity contribution is 5.79. The maximum Gasteiger partial charge on any atom is 0.191 e. The fourth-order valence-electron chi connectivity index (χ4n) is 2.07. The standard InChI is InChI=1S/C18H25N3O/c1-2-3-12-19-18(20-13-11-17-10-7-14-22-17)21-15-16-8-5-4-6-9-16/h4-10,14H,2-3,11-13,15H2,1H3,(H2,19,20,21). The molecule has 0 atom stereocenters. The zero-order valence-electron chi connectivity index (χ0n) is 13.2. The Bertz CT molecular complexity index is 535. The van der Waals surface area contributed by atoms with E-state index in [9.17, 15) is 0 Å².